The van der Waals surface area contributed by atoms with Crippen LogP contribution in [0.1, 0.15) is 5.56 Å². The minimum absolute atomic E-state index is 0.0699. The average molecular weight is 371 g/mol. The van der Waals surface area contributed by atoms with Gasteiger partial charge >= 0.3 is 5.97 Å². The maximum absolute atomic E-state index is 11.4. The molecule has 5 atom stereocenters. The van der Waals surface area contributed by atoms with Crippen LogP contribution in [0.3, 0.4) is 0 Å². The van der Waals surface area contributed by atoms with Gasteiger partial charge in [0.1, 0.15) is 24.4 Å². The molecule has 1 fully saturated rings. The first-order valence-electron chi connectivity index (χ1n) is 7.41. The van der Waals surface area contributed by atoms with Crippen molar-refractivity contribution < 1.29 is 44.7 Å². The molecule has 1 aromatic carbocycles. The number of hydrogen-bond donors (Lipinski definition) is 5. The SMILES string of the molecule is O=C(O)/C(=C\c1ccccc1[N+](=O)[O-])OC1OC(CO)C(O)C(O)C1O. The number of aliphatic hydroxyl groups excluding tert-OH is 4. The molecule has 26 heavy (non-hydrogen) atoms. The number of nitrogens with zero attached hydrogens (tertiary/aromatic N) is 1. The van der Waals surface area contributed by atoms with Crippen molar-refractivity contribution in [2.45, 2.75) is 30.7 Å². The molecule has 1 saturated heterocycles. The van der Waals surface area contributed by atoms with Crippen molar-refractivity contribution in [3.8, 4) is 0 Å². The zero-order valence-electron chi connectivity index (χ0n) is 13.2. The lowest BCUT2D eigenvalue weighted by Crippen LogP contribution is -2.59. The summed E-state index contributed by atoms with van der Waals surface area (Å²) in [4.78, 5) is 21.7. The molecule has 0 amide bonds. The van der Waals surface area contributed by atoms with Crippen LogP contribution in [0, 0.1) is 10.1 Å². The van der Waals surface area contributed by atoms with Crippen molar-refractivity contribution in [3.63, 3.8) is 0 Å². The van der Waals surface area contributed by atoms with Gasteiger partial charge in [-0.05, 0) is 6.07 Å². The molecule has 1 aliphatic heterocycles. The third-order valence-electron chi connectivity index (χ3n) is 3.72. The van der Waals surface area contributed by atoms with Gasteiger partial charge in [0.2, 0.25) is 12.0 Å². The van der Waals surface area contributed by atoms with E-state index in [0.717, 1.165) is 6.08 Å². The summed E-state index contributed by atoms with van der Waals surface area (Å²) in [5.74, 6) is -2.41. The van der Waals surface area contributed by atoms with Gasteiger partial charge in [-0.2, -0.15) is 0 Å². The Labute approximate surface area is 146 Å². The zero-order chi connectivity index (χ0) is 19.4. The number of aliphatic hydroxyl groups is 4. The Morgan fingerprint density at radius 3 is 2.46 bits per heavy atom. The van der Waals surface area contributed by atoms with Crippen molar-refractivity contribution >= 4 is 17.7 Å². The molecule has 0 aromatic heterocycles. The van der Waals surface area contributed by atoms with Gasteiger partial charge in [0.25, 0.3) is 5.69 Å². The summed E-state index contributed by atoms with van der Waals surface area (Å²) in [6.45, 7) is -0.721. The highest BCUT2D eigenvalue weighted by atomic mass is 16.7. The summed E-state index contributed by atoms with van der Waals surface area (Å²) in [6, 6.07) is 5.30. The number of nitro groups is 1. The van der Waals surface area contributed by atoms with Crippen LogP contribution in [0.4, 0.5) is 5.69 Å². The third-order valence-corrected chi connectivity index (χ3v) is 3.72. The molecule has 2 rings (SSSR count). The summed E-state index contributed by atoms with van der Waals surface area (Å²) in [6.07, 6.45) is -7.37. The van der Waals surface area contributed by atoms with Crippen LogP contribution in [-0.2, 0) is 14.3 Å². The highest BCUT2D eigenvalue weighted by molar-refractivity contribution is 5.90. The molecule has 0 saturated carbocycles. The highest BCUT2D eigenvalue weighted by Crippen LogP contribution is 2.26. The lowest BCUT2D eigenvalue weighted by molar-refractivity contribution is -0.385. The number of carbonyl (C=O) groups is 1. The number of aliphatic carboxylic acids is 1. The van der Waals surface area contributed by atoms with E-state index < -0.39 is 54.0 Å². The van der Waals surface area contributed by atoms with Crippen LogP contribution >= 0.6 is 0 Å². The van der Waals surface area contributed by atoms with Gasteiger partial charge in [-0.15, -0.1) is 0 Å². The van der Waals surface area contributed by atoms with Crippen molar-refractivity contribution in [1.29, 1.82) is 0 Å². The summed E-state index contributed by atoms with van der Waals surface area (Å²) in [5, 5.41) is 58.7. The summed E-state index contributed by atoms with van der Waals surface area (Å²) < 4.78 is 10.1. The number of para-hydroxylation sites is 1. The predicted molar refractivity (Wildman–Crippen MR) is 83.6 cm³/mol. The van der Waals surface area contributed by atoms with E-state index in [2.05, 4.69) is 0 Å². The molecule has 11 heteroatoms. The lowest BCUT2D eigenvalue weighted by atomic mass is 9.99. The van der Waals surface area contributed by atoms with E-state index in [-0.39, 0.29) is 11.3 Å². The molecular weight excluding hydrogens is 354 g/mol. The van der Waals surface area contributed by atoms with Gasteiger partial charge in [-0.25, -0.2) is 4.79 Å². The molecular formula is C15H17NO10. The molecule has 5 unspecified atom stereocenters. The fourth-order valence-corrected chi connectivity index (χ4v) is 2.35. The van der Waals surface area contributed by atoms with E-state index in [1.807, 2.05) is 0 Å². The largest absolute Gasteiger partial charge is 0.475 e. The molecule has 0 spiro atoms. The monoisotopic (exact) mass is 371 g/mol. The van der Waals surface area contributed by atoms with E-state index in [4.69, 9.17) is 14.6 Å². The van der Waals surface area contributed by atoms with Crippen molar-refractivity contribution in [2.24, 2.45) is 0 Å². The number of carboxylic acids is 1. The van der Waals surface area contributed by atoms with Crippen molar-refractivity contribution in [1.82, 2.24) is 0 Å². The molecule has 1 aromatic rings. The number of hydrogen-bond acceptors (Lipinski definition) is 9. The molecule has 0 aliphatic carbocycles. The van der Waals surface area contributed by atoms with Crippen molar-refractivity contribution in [2.75, 3.05) is 6.61 Å². The quantitative estimate of drug-likeness (QED) is 0.177. The number of ether oxygens (including phenoxy) is 2. The fraction of sp³-hybridized carbons (Fsp3) is 0.400. The van der Waals surface area contributed by atoms with Crippen molar-refractivity contribution in [3.05, 3.63) is 45.7 Å². The second-order valence-corrected chi connectivity index (χ2v) is 5.44. The molecule has 0 bridgehead atoms. The van der Waals surface area contributed by atoms with Crippen LogP contribution in [0.25, 0.3) is 6.08 Å². The second kappa shape index (κ2) is 8.21. The highest BCUT2D eigenvalue weighted by Gasteiger charge is 2.45. The number of rotatable bonds is 6. The van der Waals surface area contributed by atoms with Crippen LogP contribution in [0.15, 0.2) is 30.0 Å². The maximum Gasteiger partial charge on any atom is 0.371 e. The Hall–Kier alpha value is -2.57. The first-order valence-corrected chi connectivity index (χ1v) is 7.41. The Morgan fingerprint density at radius 2 is 1.88 bits per heavy atom. The zero-order valence-corrected chi connectivity index (χ0v) is 13.2. The molecule has 142 valence electrons. The Morgan fingerprint density at radius 1 is 1.23 bits per heavy atom. The van der Waals surface area contributed by atoms with Gasteiger partial charge in [0.05, 0.1) is 17.1 Å². The van der Waals surface area contributed by atoms with Gasteiger partial charge in [0.15, 0.2) is 0 Å². The van der Waals surface area contributed by atoms with Gasteiger partial charge < -0.3 is 35.0 Å². The van der Waals surface area contributed by atoms with Crippen LogP contribution in [0.2, 0.25) is 0 Å². The van der Waals surface area contributed by atoms with E-state index in [1.165, 1.54) is 24.3 Å². The average Bonchev–Trinajstić information content (AvgIpc) is 2.61. The first-order chi connectivity index (χ1) is 12.3. The van der Waals surface area contributed by atoms with Crippen LogP contribution in [-0.4, -0.2) is 73.7 Å². The minimum atomic E-state index is -1.82. The number of carboxylic acid groups (broad SMARTS) is 1. The Bertz CT molecular complexity index is 703. The van der Waals surface area contributed by atoms with E-state index in [0.29, 0.717) is 0 Å². The number of benzene rings is 1. The normalized spacial score (nSPS) is 29.2. The van der Waals surface area contributed by atoms with Crippen LogP contribution < -0.4 is 0 Å². The molecule has 1 heterocycles. The number of nitro benzene ring substituents is 1. The minimum Gasteiger partial charge on any atom is -0.475 e. The van der Waals surface area contributed by atoms with E-state index in [1.54, 1.807) is 0 Å². The predicted octanol–water partition coefficient (Wildman–Crippen LogP) is -1.16. The van der Waals surface area contributed by atoms with Gasteiger partial charge in [-0.1, -0.05) is 12.1 Å². The first kappa shape index (κ1) is 19.8. The Kier molecular flexibility index (Phi) is 6.23. The fourth-order valence-electron chi connectivity index (χ4n) is 2.35. The lowest BCUT2D eigenvalue weighted by Gasteiger charge is -2.39. The van der Waals surface area contributed by atoms with E-state index >= 15 is 0 Å². The molecule has 1 aliphatic rings. The summed E-state index contributed by atoms with van der Waals surface area (Å²) in [7, 11) is 0. The third kappa shape index (κ3) is 4.15. The van der Waals surface area contributed by atoms with E-state index in [9.17, 15) is 35.3 Å². The second-order valence-electron chi connectivity index (χ2n) is 5.44. The Balaban J connectivity index is 2.31. The molecule has 0 radical (unpaired) electrons. The standard InChI is InChI=1S/C15H17NO10/c17-6-10-11(18)12(19)13(20)15(26-10)25-9(14(21)22)5-7-3-1-2-4-8(7)16(23)24/h1-5,10-13,15,17-20H,6H2,(H,21,22)/b9-5+. The van der Waals surface area contributed by atoms with Crippen LogP contribution in [0.5, 0.6) is 0 Å². The van der Waals surface area contributed by atoms with Gasteiger partial charge in [0, 0.05) is 12.1 Å². The summed E-state index contributed by atoms with van der Waals surface area (Å²) >= 11 is 0. The topological polar surface area (TPSA) is 180 Å². The molecule has 5 N–H and O–H groups in total. The molecule has 11 nitrogen and oxygen atoms in total. The maximum atomic E-state index is 11.4. The summed E-state index contributed by atoms with van der Waals surface area (Å²) in [5.41, 5.74) is -0.442. The smallest absolute Gasteiger partial charge is 0.371 e. The van der Waals surface area contributed by atoms with Gasteiger partial charge in [-0.3, -0.25) is 10.1 Å².